The van der Waals surface area contributed by atoms with Crippen LogP contribution in [0.4, 0.5) is 13.2 Å². The van der Waals surface area contributed by atoms with Crippen molar-refractivity contribution in [3.05, 3.63) is 0 Å². The van der Waals surface area contributed by atoms with Gasteiger partial charge in [-0.25, -0.2) is 0 Å². The molecule has 0 spiro atoms. The number of rotatable bonds is 4. The second kappa shape index (κ2) is 10.0. The summed E-state index contributed by atoms with van der Waals surface area (Å²) < 4.78 is 37.3. The molecule has 0 saturated carbocycles. The Morgan fingerprint density at radius 1 is 1.21 bits per heavy atom. The molecule has 0 amide bonds. The van der Waals surface area contributed by atoms with Crippen LogP contribution >= 0.6 is 24.0 Å². The molecule has 2 aliphatic rings. The van der Waals surface area contributed by atoms with E-state index in [1.54, 1.807) is 0 Å². The minimum atomic E-state index is -4.10. The molecule has 0 radical (unpaired) electrons. The van der Waals surface area contributed by atoms with E-state index in [0.717, 1.165) is 32.0 Å². The average Bonchev–Trinajstić information content (AvgIpc) is 2.88. The van der Waals surface area contributed by atoms with Gasteiger partial charge < -0.3 is 10.2 Å². The van der Waals surface area contributed by atoms with Gasteiger partial charge in [0.2, 0.25) is 0 Å². The van der Waals surface area contributed by atoms with E-state index in [4.69, 9.17) is 4.99 Å². The summed E-state index contributed by atoms with van der Waals surface area (Å²) in [6, 6.07) is 0. The molecule has 2 unspecified atom stereocenters. The molecule has 24 heavy (non-hydrogen) atoms. The van der Waals surface area contributed by atoms with Crippen LogP contribution in [-0.2, 0) is 0 Å². The Balaban J connectivity index is 0.00000288. The zero-order valence-electron chi connectivity index (χ0n) is 14.6. The lowest BCUT2D eigenvalue weighted by atomic mass is 10.0. The first-order valence-electron chi connectivity index (χ1n) is 8.69. The number of nitrogens with zero attached hydrogens (tertiary/aromatic N) is 3. The zero-order chi connectivity index (χ0) is 16.9. The summed E-state index contributed by atoms with van der Waals surface area (Å²) in [6.45, 7) is 7.98. The molecular formula is C16H30F3IN4. The lowest BCUT2D eigenvalue weighted by molar-refractivity contribution is -0.143. The molecule has 1 N–H and O–H groups in total. The van der Waals surface area contributed by atoms with E-state index in [0.29, 0.717) is 25.6 Å². The first kappa shape index (κ1) is 21.8. The second-order valence-corrected chi connectivity index (χ2v) is 6.89. The maximum atomic E-state index is 12.4. The van der Waals surface area contributed by atoms with Crippen LogP contribution in [-0.4, -0.2) is 67.7 Å². The molecule has 0 aliphatic carbocycles. The number of piperidine rings is 1. The Morgan fingerprint density at radius 3 is 2.58 bits per heavy atom. The van der Waals surface area contributed by atoms with Gasteiger partial charge >= 0.3 is 6.18 Å². The van der Waals surface area contributed by atoms with Crippen molar-refractivity contribution in [1.29, 1.82) is 0 Å². The summed E-state index contributed by atoms with van der Waals surface area (Å²) in [6.07, 6.45) is -0.869. The molecule has 0 aromatic rings. The third-order valence-corrected chi connectivity index (χ3v) is 4.56. The quantitative estimate of drug-likeness (QED) is 0.396. The Bertz CT molecular complexity index is 403. The number of aliphatic imine (C=N–C) groups is 1. The molecule has 142 valence electrons. The largest absolute Gasteiger partial charge is 0.401 e. The minimum absolute atomic E-state index is 0. The Labute approximate surface area is 160 Å². The van der Waals surface area contributed by atoms with Crippen molar-refractivity contribution < 1.29 is 13.2 Å². The Morgan fingerprint density at radius 2 is 1.96 bits per heavy atom. The molecule has 2 fully saturated rings. The highest BCUT2D eigenvalue weighted by atomic mass is 127. The van der Waals surface area contributed by atoms with Crippen molar-refractivity contribution in [3.8, 4) is 0 Å². The van der Waals surface area contributed by atoms with Crippen LogP contribution < -0.4 is 5.32 Å². The summed E-state index contributed by atoms with van der Waals surface area (Å²) >= 11 is 0. The predicted octanol–water partition coefficient (Wildman–Crippen LogP) is 3.19. The van der Waals surface area contributed by atoms with Crippen LogP contribution in [0, 0.1) is 11.8 Å². The van der Waals surface area contributed by atoms with E-state index >= 15 is 0 Å². The van der Waals surface area contributed by atoms with Crippen LogP contribution in [0.3, 0.4) is 0 Å². The number of hydrogen-bond donors (Lipinski definition) is 1. The van der Waals surface area contributed by atoms with Gasteiger partial charge in [0.05, 0.1) is 6.54 Å². The van der Waals surface area contributed by atoms with Crippen molar-refractivity contribution >= 4 is 29.9 Å². The van der Waals surface area contributed by atoms with E-state index in [-0.39, 0.29) is 29.9 Å². The van der Waals surface area contributed by atoms with E-state index in [2.05, 4.69) is 17.1 Å². The van der Waals surface area contributed by atoms with E-state index in [1.165, 1.54) is 17.7 Å². The van der Waals surface area contributed by atoms with E-state index in [1.807, 2.05) is 6.92 Å². The van der Waals surface area contributed by atoms with Crippen molar-refractivity contribution in [2.45, 2.75) is 39.3 Å². The van der Waals surface area contributed by atoms with Gasteiger partial charge in [-0.2, -0.15) is 13.2 Å². The predicted molar refractivity (Wildman–Crippen MR) is 102 cm³/mol. The summed E-state index contributed by atoms with van der Waals surface area (Å²) in [5.41, 5.74) is 0. The number of guanidine groups is 1. The number of alkyl halides is 3. The standard InChI is InChI=1S/C16H29F3N4.HI/c1-3-20-15(23-7-4-5-13(2)10-23)21-9-14-6-8-22(11-14)12-16(17,18)19;/h13-14H,3-12H2,1-2H3,(H,20,21);1H. The molecule has 4 nitrogen and oxygen atoms in total. The van der Waals surface area contributed by atoms with Gasteiger partial charge in [0.1, 0.15) is 0 Å². The second-order valence-electron chi connectivity index (χ2n) is 6.89. The molecule has 2 heterocycles. The summed E-state index contributed by atoms with van der Waals surface area (Å²) in [5.74, 6) is 1.82. The first-order valence-corrected chi connectivity index (χ1v) is 8.69. The summed E-state index contributed by atoms with van der Waals surface area (Å²) in [7, 11) is 0. The van der Waals surface area contributed by atoms with Gasteiger partial charge in [-0.1, -0.05) is 6.92 Å². The highest BCUT2D eigenvalue weighted by Crippen LogP contribution is 2.23. The third-order valence-electron chi connectivity index (χ3n) is 4.56. The molecule has 0 bridgehead atoms. The van der Waals surface area contributed by atoms with Gasteiger partial charge in [0, 0.05) is 32.7 Å². The minimum Gasteiger partial charge on any atom is -0.357 e. The van der Waals surface area contributed by atoms with Gasteiger partial charge in [-0.15, -0.1) is 24.0 Å². The molecule has 0 aromatic carbocycles. The highest BCUT2D eigenvalue weighted by molar-refractivity contribution is 14.0. The maximum Gasteiger partial charge on any atom is 0.401 e. The van der Waals surface area contributed by atoms with Gasteiger partial charge in [-0.3, -0.25) is 9.89 Å². The van der Waals surface area contributed by atoms with Gasteiger partial charge in [0.25, 0.3) is 0 Å². The normalized spacial score (nSPS) is 26.4. The molecule has 2 aliphatic heterocycles. The number of hydrogen-bond acceptors (Lipinski definition) is 2. The van der Waals surface area contributed by atoms with Crippen LogP contribution in [0.1, 0.15) is 33.1 Å². The average molecular weight is 462 g/mol. The monoisotopic (exact) mass is 462 g/mol. The highest BCUT2D eigenvalue weighted by Gasteiger charge is 2.34. The third kappa shape index (κ3) is 7.33. The van der Waals surface area contributed by atoms with Crippen LogP contribution in [0.15, 0.2) is 4.99 Å². The molecule has 2 rings (SSSR count). The van der Waals surface area contributed by atoms with Crippen molar-refractivity contribution in [1.82, 2.24) is 15.1 Å². The fourth-order valence-electron chi connectivity index (χ4n) is 3.48. The Kier molecular flexibility index (Phi) is 9.11. The summed E-state index contributed by atoms with van der Waals surface area (Å²) in [4.78, 5) is 8.50. The van der Waals surface area contributed by atoms with Crippen LogP contribution in [0.5, 0.6) is 0 Å². The zero-order valence-corrected chi connectivity index (χ0v) is 16.9. The smallest absolute Gasteiger partial charge is 0.357 e. The van der Waals surface area contributed by atoms with E-state index in [9.17, 15) is 13.2 Å². The number of likely N-dealkylation sites (tertiary alicyclic amines) is 2. The lowest BCUT2D eigenvalue weighted by Crippen LogP contribution is -2.46. The van der Waals surface area contributed by atoms with Gasteiger partial charge in [0.15, 0.2) is 5.96 Å². The molecule has 8 heteroatoms. The first-order chi connectivity index (χ1) is 10.9. The maximum absolute atomic E-state index is 12.4. The Hall–Kier alpha value is -0.250. The molecule has 2 atom stereocenters. The van der Waals surface area contributed by atoms with Crippen molar-refractivity contribution in [2.75, 3.05) is 45.8 Å². The SMILES string of the molecule is CCNC(=NCC1CCN(CC(F)(F)F)C1)N1CCCC(C)C1.I. The van der Waals surface area contributed by atoms with Gasteiger partial charge in [-0.05, 0) is 44.6 Å². The number of nitrogens with one attached hydrogen (secondary N) is 1. The fraction of sp³-hybridized carbons (Fsp3) is 0.938. The van der Waals surface area contributed by atoms with Crippen molar-refractivity contribution in [3.63, 3.8) is 0 Å². The van der Waals surface area contributed by atoms with Crippen molar-refractivity contribution in [2.24, 2.45) is 16.8 Å². The van der Waals surface area contributed by atoms with Crippen LogP contribution in [0.25, 0.3) is 0 Å². The lowest BCUT2D eigenvalue weighted by Gasteiger charge is -2.33. The molecule has 0 aromatic heterocycles. The molecular weight excluding hydrogens is 432 g/mol. The molecule has 2 saturated heterocycles. The summed E-state index contributed by atoms with van der Waals surface area (Å²) in [5, 5.41) is 3.33. The number of halogens is 4. The van der Waals surface area contributed by atoms with E-state index < -0.39 is 12.7 Å². The fourth-order valence-corrected chi connectivity index (χ4v) is 3.48. The van der Waals surface area contributed by atoms with Crippen LogP contribution in [0.2, 0.25) is 0 Å². The topological polar surface area (TPSA) is 30.9 Å².